The van der Waals surface area contributed by atoms with E-state index in [1.165, 1.54) is 10.9 Å². The highest BCUT2D eigenvalue weighted by Crippen LogP contribution is 2.15. The number of halogens is 2. The second kappa shape index (κ2) is 6.41. The van der Waals surface area contributed by atoms with Gasteiger partial charge < -0.3 is 5.32 Å². The molecule has 2 rings (SSSR count). The molecule has 1 aromatic heterocycles. The zero-order valence-corrected chi connectivity index (χ0v) is 12.4. The minimum Gasteiger partial charge on any atom is -0.312 e. The molecular weight excluding hydrogens is 315 g/mol. The van der Waals surface area contributed by atoms with Crippen LogP contribution in [0.25, 0.3) is 0 Å². The average molecular weight is 329 g/mol. The van der Waals surface area contributed by atoms with Crippen molar-refractivity contribution in [2.45, 2.75) is 19.9 Å². The maximum Gasteiger partial charge on any atom is 0.127 e. The molecule has 0 bridgehead atoms. The van der Waals surface area contributed by atoms with Gasteiger partial charge in [-0.15, -0.1) is 11.3 Å². The largest absolute Gasteiger partial charge is 0.312 e. The predicted molar refractivity (Wildman–Crippen MR) is 76.4 cm³/mol. The van der Waals surface area contributed by atoms with Gasteiger partial charge in [-0.1, -0.05) is 15.9 Å². The molecule has 1 aromatic carbocycles. The zero-order chi connectivity index (χ0) is 13.0. The standard InChI is InChI=1S/C13H14BrFN2S/c1-9-13(18-8-17-9)4-5-16-7-10-6-11(14)2-3-12(10)15/h2-3,6,8,16H,4-5,7H2,1H3. The molecule has 0 radical (unpaired) electrons. The molecule has 2 nitrogen and oxygen atoms in total. The summed E-state index contributed by atoms with van der Waals surface area (Å²) in [6.07, 6.45) is 0.937. The van der Waals surface area contributed by atoms with Gasteiger partial charge >= 0.3 is 0 Å². The molecule has 1 N–H and O–H groups in total. The van der Waals surface area contributed by atoms with E-state index in [1.807, 2.05) is 12.4 Å². The number of nitrogens with one attached hydrogen (secondary N) is 1. The Hall–Kier alpha value is -0.780. The number of benzene rings is 1. The van der Waals surface area contributed by atoms with Crippen LogP contribution in [0.3, 0.4) is 0 Å². The van der Waals surface area contributed by atoms with Gasteiger partial charge in [0, 0.05) is 28.0 Å². The first-order valence-corrected chi connectivity index (χ1v) is 7.37. The molecule has 0 fully saturated rings. The van der Waals surface area contributed by atoms with E-state index in [1.54, 1.807) is 23.5 Å². The monoisotopic (exact) mass is 328 g/mol. The van der Waals surface area contributed by atoms with Gasteiger partial charge in [0.05, 0.1) is 11.2 Å². The van der Waals surface area contributed by atoms with Crippen LogP contribution in [-0.2, 0) is 13.0 Å². The molecule has 2 aromatic rings. The molecular formula is C13H14BrFN2S. The highest BCUT2D eigenvalue weighted by Gasteiger charge is 2.03. The van der Waals surface area contributed by atoms with Gasteiger partial charge in [-0.2, -0.15) is 0 Å². The lowest BCUT2D eigenvalue weighted by Gasteiger charge is -2.06. The van der Waals surface area contributed by atoms with Crippen LogP contribution < -0.4 is 5.32 Å². The molecule has 96 valence electrons. The van der Waals surface area contributed by atoms with Gasteiger partial charge in [-0.25, -0.2) is 9.37 Å². The third-order valence-electron chi connectivity index (χ3n) is 2.70. The molecule has 1 heterocycles. The van der Waals surface area contributed by atoms with Gasteiger partial charge in [0.1, 0.15) is 5.82 Å². The topological polar surface area (TPSA) is 24.9 Å². The van der Waals surface area contributed by atoms with Crippen LogP contribution in [0, 0.1) is 12.7 Å². The van der Waals surface area contributed by atoms with E-state index in [-0.39, 0.29) is 5.82 Å². The van der Waals surface area contributed by atoms with Crippen LogP contribution >= 0.6 is 27.3 Å². The fourth-order valence-electron chi connectivity index (χ4n) is 1.67. The Balaban J connectivity index is 1.82. The van der Waals surface area contributed by atoms with Crippen molar-refractivity contribution in [1.82, 2.24) is 10.3 Å². The van der Waals surface area contributed by atoms with Crippen molar-refractivity contribution in [2.75, 3.05) is 6.54 Å². The normalized spacial score (nSPS) is 10.8. The Labute approximate surface area is 118 Å². The van der Waals surface area contributed by atoms with Crippen LogP contribution in [0.5, 0.6) is 0 Å². The lowest BCUT2D eigenvalue weighted by Crippen LogP contribution is -2.17. The Bertz CT molecular complexity index is 527. The number of hydrogen-bond donors (Lipinski definition) is 1. The number of aryl methyl sites for hydroxylation is 1. The number of thiazole rings is 1. The fourth-order valence-corrected chi connectivity index (χ4v) is 2.86. The molecule has 18 heavy (non-hydrogen) atoms. The van der Waals surface area contributed by atoms with Gasteiger partial charge in [-0.05, 0) is 31.5 Å². The highest BCUT2D eigenvalue weighted by atomic mass is 79.9. The maximum atomic E-state index is 13.5. The quantitative estimate of drug-likeness (QED) is 0.847. The van der Waals surface area contributed by atoms with E-state index in [0.29, 0.717) is 12.1 Å². The zero-order valence-electron chi connectivity index (χ0n) is 10.0. The molecule has 0 aliphatic carbocycles. The second-order valence-electron chi connectivity index (χ2n) is 4.02. The molecule has 0 unspecified atom stereocenters. The smallest absolute Gasteiger partial charge is 0.127 e. The minimum atomic E-state index is -0.167. The number of rotatable bonds is 5. The third kappa shape index (κ3) is 3.60. The van der Waals surface area contributed by atoms with E-state index in [0.717, 1.165) is 23.1 Å². The summed E-state index contributed by atoms with van der Waals surface area (Å²) in [4.78, 5) is 5.49. The molecule has 0 aliphatic rings. The number of aromatic nitrogens is 1. The lowest BCUT2D eigenvalue weighted by atomic mass is 10.2. The molecule has 5 heteroatoms. The van der Waals surface area contributed by atoms with Crippen LogP contribution in [-0.4, -0.2) is 11.5 Å². The molecule has 0 atom stereocenters. The molecule has 0 aliphatic heterocycles. The van der Waals surface area contributed by atoms with Crippen LogP contribution in [0.2, 0.25) is 0 Å². The first kappa shape index (κ1) is 13.6. The summed E-state index contributed by atoms with van der Waals surface area (Å²) in [7, 11) is 0. The first-order valence-electron chi connectivity index (χ1n) is 5.70. The third-order valence-corrected chi connectivity index (χ3v) is 4.19. The SMILES string of the molecule is Cc1ncsc1CCNCc1cc(Br)ccc1F. The van der Waals surface area contributed by atoms with Gasteiger partial charge in [-0.3, -0.25) is 0 Å². The minimum absolute atomic E-state index is 0.167. The summed E-state index contributed by atoms with van der Waals surface area (Å²) in [5.74, 6) is -0.167. The van der Waals surface area contributed by atoms with Crippen LogP contribution in [0.15, 0.2) is 28.2 Å². The number of hydrogen-bond acceptors (Lipinski definition) is 3. The molecule has 0 saturated carbocycles. The van der Waals surface area contributed by atoms with E-state index in [4.69, 9.17) is 0 Å². The van der Waals surface area contributed by atoms with Gasteiger partial charge in [0.25, 0.3) is 0 Å². The highest BCUT2D eigenvalue weighted by molar-refractivity contribution is 9.10. The average Bonchev–Trinajstić information content (AvgIpc) is 2.75. The van der Waals surface area contributed by atoms with Crippen LogP contribution in [0.4, 0.5) is 4.39 Å². The summed E-state index contributed by atoms with van der Waals surface area (Å²) in [6.45, 7) is 3.39. The summed E-state index contributed by atoms with van der Waals surface area (Å²) < 4.78 is 14.4. The summed E-state index contributed by atoms with van der Waals surface area (Å²) >= 11 is 5.01. The Morgan fingerprint density at radius 1 is 1.44 bits per heavy atom. The van der Waals surface area contributed by atoms with Gasteiger partial charge in [0.2, 0.25) is 0 Å². The van der Waals surface area contributed by atoms with E-state index in [9.17, 15) is 4.39 Å². The Kier molecular flexibility index (Phi) is 4.86. The van der Waals surface area contributed by atoms with Crippen molar-refractivity contribution >= 4 is 27.3 Å². The van der Waals surface area contributed by atoms with E-state index in [2.05, 4.69) is 26.2 Å². The predicted octanol–water partition coefficient (Wildman–Crippen LogP) is 3.69. The lowest BCUT2D eigenvalue weighted by molar-refractivity contribution is 0.588. The van der Waals surface area contributed by atoms with Crippen LogP contribution in [0.1, 0.15) is 16.1 Å². The molecule has 0 amide bonds. The van der Waals surface area contributed by atoms with E-state index >= 15 is 0 Å². The molecule has 0 spiro atoms. The summed E-state index contributed by atoms with van der Waals surface area (Å²) in [6, 6.07) is 4.99. The Morgan fingerprint density at radius 2 is 2.28 bits per heavy atom. The van der Waals surface area contributed by atoms with Crippen molar-refractivity contribution in [3.8, 4) is 0 Å². The maximum absolute atomic E-state index is 13.5. The number of nitrogens with zero attached hydrogens (tertiary/aromatic N) is 1. The van der Waals surface area contributed by atoms with Crippen molar-refractivity contribution in [3.63, 3.8) is 0 Å². The van der Waals surface area contributed by atoms with Crippen molar-refractivity contribution < 1.29 is 4.39 Å². The van der Waals surface area contributed by atoms with E-state index < -0.39 is 0 Å². The summed E-state index contributed by atoms with van der Waals surface area (Å²) in [5.41, 5.74) is 3.64. The van der Waals surface area contributed by atoms with Crippen molar-refractivity contribution in [1.29, 1.82) is 0 Å². The molecule has 0 saturated heterocycles. The van der Waals surface area contributed by atoms with Crippen molar-refractivity contribution in [3.05, 3.63) is 50.1 Å². The Morgan fingerprint density at radius 3 is 3.00 bits per heavy atom. The fraction of sp³-hybridized carbons (Fsp3) is 0.308. The first-order chi connectivity index (χ1) is 8.66. The van der Waals surface area contributed by atoms with Gasteiger partial charge in [0.15, 0.2) is 0 Å². The summed E-state index contributed by atoms with van der Waals surface area (Å²) in [5, 5.41) is 3.25. The second-order valence-corrected chi connectivity index (χ2v) is 5.88. The van der Waals surface area contributed by atoms with Crippen molar-refractivity contribution in [2.24, 2.45) is 0 Å².